The predicted molar refractivity (Wildman–Crippen MR) is 73.0 cm³/mol. The van der Waals surface area contributed by atoms with Crippen molar-refractivity contribution in [3.8, 4) is 0 Å². The molecule has 2 N–H and O–H groups in total. The van der Waals surface area contributed by atoms with Gasteiger partial charge >= 0.3 is 0 Å². The third-order valence-electron chi connectivity index (χ3n) is 2.94. The Balaban J connectivity index is 2.49. The molecule has 0 bridgehead atoms. The molecule has 4 nitrogen and oxygen atoms in total. The SMILES string of the molecule is COCCC(C)n1c(N)nc2cc(F)c(Br)cc21. The van der Waals surface area contributed by atoms with Crippen LogP contribution in [0.1, 0.15) is 19.4 Å². The molecule has 0 saturated carbocycles. The van der Waals surface area contributed by atoms with Gasteiger partial charge in [0, 0.05) is 25.8 Å². The zero-order valence-electron chi connectivity index (χ0n) is 10.3. The van der Waals surface area contributed by atoms with E-state index in [1.807, 2.05) is 11.5 Å². The largest absolute Gasteiger partial charge is 0.385 e. The van der Waals surface area contributed by atoms with Crippen LogP contribution in [-0.4, -0.2) is 23.3 Å². The molecule has 1 aromatic heterocycles. The summed E-state index contributed by atoms with van der Waals surface area (Å²) in [7, 11) is 1.66. The minimum Gasteiger partial charge on any atom is -0.385 e. The lowest BCUT2D eigenvalue weighted by Gasteiger charge is -2.15. The molecule has 18 heavy (non-hydrogen) atoms. The van der Waals surface area contributed by atoms with Crippen molar-refractivity contribution in [3.05, 3.63) is 22.4 Å². The Labute approximate surface area is 113 Å². The third-order valence-corrected chi connectivity index (χ3v) is 3.55. The summed E-state index contributed by atoms with van der Waals surface area (Å²) in [5, 5.41) is 0. The molecular weight excluding hydrogens is 301 g/mol. The van der Waals surface area contributed by atoms with Crippen molar-refractivity contribution in [1.29, 1.82) is 0 Å². The first kappa shape index (κ1) is 13.3. The molecule has 98 valence electrons. The molecule has 1 heterocycles. The number of anilines is 1. The number of nitrogens with two attached hydrogens (primary N) is 1. The number of ether oxygens (including phenoxy) is 1. The van der Waals surface area contributed by atoms with Gasteiger partial charge in [0.15, 0.2) is 0 Å². The molecule has 1 atom stereocenters. The fourth-order valence-corrected chi connectivity index (χ4v) is 2.32. The number of nitrogen functional groups attached to an aromatic ring is 1. The Morgan fingerprint density at radius 1 is 1.56 bits per heavy atom. The quantitative estimate of drug-likeness (QED) is 0.943. The van der Waals surface area contributed by atoms with Crippen molar-refractivity contribution in [2.45, 2.75) is 19.4 Å². The Bertz CT molecular complexity index is 570. The van der Waals surface area contributed by atoms with E-state index in [0.29, 0.717) is 22.5 Å². The van der Waals surface area contributed by atoms with Gasteiger partial charge in [-0.05, 0) is 35.3 Å². The van der Waals surface area contributed by atoms with Gasteiger partial charge in [-0.2, -0.15) is 0 Å². The number of aromatic nitrogens is 2. The number of imidazole rings is 1. The monoisotopic (exact) mass is 315 g/mol. The topological polar surface area (TPSA) is 53.1 Å². The van der Waals surface area contributed by atoms with Crippen molar-refractivity contribution in [2.24, 2.45) is 0 Å². The van der Waals surface area contributed by atoms with E-state index in [4.69, 9.17) is 10.5 Å². The van der Waals surface area contributed by atoms with Crippen LogP contribution in [0.15, 0.2) is 16.6 Å². The first-order valence-electron chi connectivity index (χ1n) is 5.66. The summed E-state index contributed by atoms with van der Waals surface area (Å²) >= 11 is 3.18. The summed E-state index contributed by atoms with van der Waals surface area (Å²) in [6.45, 7) is 2.68. The molecule has 1 unspecified atom stereocenters. The second-order valence-corrected chi connectivity index (χ2v) is 5.08. The highest BCUT2D eigenvalue weighted by Crippen LogP contribution is 2.28. The zero-order chi connectivity index (χ0) is 13.3. The van der Waals surface area contributed by atoms with Crippen LogP contribution in [-0.2, 0) is 4.74 Å². The maximum atomic E-state index is 13.4. The molecule has 0 aliphatic rings. The molecule has 2 rings (SSSR count). The van der Waals surface area contributed by atoms with Crippen LogP contribution in [0.5, 0.6) is 0 Å². The smallest absolute Gasteiger partial charge is 0.201 e. The molecule has 2 aromatic rings. The van der Waals surface area contributed by atoms with Gasteiger partial charge in [-0.25, -0.2) is 9.37 Å². The Kier molecular flexibility index (Phi) is 3.87. The predicted octanol–water partition coefficient (Wildman–Crippen LogP) is 3.12. The minimum atomic E-state index is -0.336. The highest BCUT2D eigenvalue weighted by Gasteiger charge is 2.15. The number of rotatable bonds is 4. The molecule has 0 fully saturated rings. The lowest BCUT2D eigenvalue weighted by atomic mass is 10.2. The molecule has 0 aliphatic heterocycles. The van der Waals surface area contributed by atoms with Crippen LogP contribution in [0.25, 0.3) is 11.0 Å². The van der Waals surface area contributed by atoms with E-state index in [2.05, 4.69) is 20.9 Å². The van der Waals surface area contributed by atoms with E-state index >= 15 is 0 Å². The Morgan fingerprint density at radius 3 is 2.94 bits per heavy atom. The maximum Gasteiger partial charge on any atom is 0.201 e. The summed E-state index contributed by atoms with van der Waals surface area (Å²) in [6.07, 6.45) is 0.821. The molecule has 6 heteroatoms. The van der Waals surface area contributed by atoms with Gasteiger partial charge < -0.3 is 15.0 Å². The van der Waals surface area contributed by atoms with E-state index < -0.39 is 0 Å². The summed E-state index contributed by atoms with van der Waals surface area (Å²) < 4.78 is 20.8. The van der Waals surface area contributed by atoms with E-state index in [-0.39, 0.29) is 11.9 Å². The molecule has 0 radical (unpaired) electrons. The standard InChI is InChI=1S/C12H15BrFN3O/c1-7(3-4-18-2)17-11-5-8(13)9(14)6-10(11)16-12(17)15/h5-7H,3-4H2,1-2H3,(H2,15,16). The second kappa shape index (κ2) is 5.24. The van der Waals surface area contributed by atoms with Crippen LogP contribution >= 0.6 is 15.9 Å². The maximum absolute atomic E-state index is 13.4. The van der Waals surface area contributed by atoms with Gasteiger partial charge in [-0.1, -0.05) is 0 Å². The van der Waals surface area contributed by atoms with E-state index in [1.165, 1.54) is 6.07 Å². The first-order valence-corrected chi connectivity index (χ1v) is 6.45. The van der Waals surface area contributed by atoms with Gasteiger partial charge in [-0.3, -0.25) is 0 Å². The lowest BCUT2D eigenvalue weighted by Crippen LogP contribution is -2.10. The van der Waals surface area contributed by atoms with Crippen molar-refractivity contribution in [3.63, 3.8) is 0 Å². The van der Waals surface area contributed by atoms with Crippen molar-refractivity contribution < 1.29 is 9.13 Å². The fraction of sp³-hybridized carbons (Fsp3) is 0.417. The summed E-state index contributed by atoms with van der Waals surface area (Å²) in [4.78, 5) is 4.18. The molecule has 1 aromatic carbocycles. The molecule has 0 spiro atoms. The number of nitrogens with zero attached hydrogens (tertiary/aromatic N) is 2. The lowest BCUT2D eigenvalue weighted by molar-refractivity contribution is 0.182. The summed E-state index contributed by atoms with van der Waals surface area (Å²) in [5.41, 5.74) is 7.29. The average Bonchev–Trinajstić information content (AvgIpc) is 2.62. The third kappa shape index (κ3) is 2.35. The van der Waals surface area contributed by atoms with Crippen molar-refractivity contribution in [2.75, 3.05) is 19.5 Å². The van der Waals surface area contributed by atoms with Gasteiger partial charge in [0.05, 0.1) is 15.5 Å². The average molecular weight is 316 g/mol. The van der Waals surface area contributed by atoms with E-state index in [1.54, 1.807) is 13.2 Å². The highest BCUT2D eigenvalue weighted by atomic mass is 79.9. The second-order valence-electron chi connectivity index (χ2n) is 4.23. The van der Waals surface area contributed by atoms with Crippen LogP contribution in [0.3, 0.4) is 0 Å². The van der Waals surface area contributed by atoms with Crippen LogP contribution in [0.2, 0.25) is 0 Å². The van der Waals surface area contributed by atoms with Gasteiger partial charge in [0.25, 0.3) is 0 Å². The molecule has 0 amide bonds. The number of fused-ring (bicyclic) bond motifs is 1. The van der Waals surface area contributed by atoms with Crippen molar-refractivity contribution in [1.82, 2.24) is 9.55 Å². The highest BCUT2D eigenvalue weighted by molar-refractivity contribution is 9.10. The van der Waals surface area contributed by atoms with Crippen LogP contribution in [0, 0.1) is 5.82 Å². The summed E-state index contributed by atoms with van der Waals surface area (Å²) in [6, 6.07) is 3.24. The van der Waals surface area contributed by atoms with Crippen LogP contribution < -0.4 is 5.73 Å². The van der Waals surface area contributed by atoms with E-state index in [9.17, 15) is 4.39 Å². The van der Waals surface area contributed by atoms with Crippen LogP contribution in [0.4, 0.5) is 10.3 Å². The Hall–Kier alpha value is -1.14. The van der Waals surface area contributed by atoms with Crippen molar-refractivity contribution >= 4 is 32.9 Å². The molecular formula is C12H15BrFN3O. The minimum absolute atomic E-state index is 0.146. The zero-order valence-corrected chi connectivity index (χ0v) is 11.9. The number of benzene rings is 1. The normalized spacial score (nSPS) is 13.1. The molecule has 0 saturated heterocycles. The van der Waals surface area contributed by atoms with E-state index in [0.717, 1.165) is 11.9 Å². The van der Waals surface area contributed by atoms with Gasteiger partial charge in [-0.15, -0.1) is 0 Å². The number of hydrogen-bond donors (Lipinski definition) is 1. The Morgan fingerprint density at radius 2 is 2.28 bits per heavy atom. The summed E-state index contributed by atoms with van der Waals surface area (Å²) in [5.74, 6) is 0.0581. The first-order chi connectivity index (χ1) is 8.54. The fourth-order valence-electron chi connectivity index (χ4n) is 1.99. The van der Waals surface area contributed by atoms with Gasteiger partial charge in [0.2, 0.25) is 5.95 Å². The molecule has 0 aliphatic carbocycles. The number of halogens is 2. The number of hydrogen-bond acceptors (Lipinski definition) is 3. The number of methoxy groups -OCH3 is 1. The van der Waals surface area contributed by atoms with Gasteiger partial charge in [0.1, 0.15) is 5.82 Å².